The first-order valence-corrected chi connectivity index (χ1v) is 13.9. The van der Waals surface area contributed by atoms with Crippen LogP contribution in [0.3, 0.4) is 0 Å². The smallest absolute Gasteiger partial charge is 0.237 e. The molecule has 0 aliphatic heterocycles. The molecule has 2 aromatic rings. The molecule has 200 valence electrons. The van der Waals surface area contributed by atoms with E-state index < -0.39 is 32.9 Å². The molecule has 0 aromatic carbocycles. The predicted molar refractivity (Wildman–Crippen MR) is 141 cm³/mol. The number of aromatic nitrogens is 2. The summed E-state index contributed by atoms with van der Waals surface area (Å²) in [5.41, 5.74) is 1.15. The summed E-state index contributed by atoms with van der Waals surface area (Å²) in [6, 6.07) is 1.20. The Labute approximate surface area is 219 Å². The topological polar surface area (TPSA) is 144 Å². The maximum absolute atomic E-state index is 14.9. The van der Waals surface area contributed by atoms with E-state index in [0.717, 1.165) is 11.3 Å². The van der Waals surface area contributed by atoms with Crippen LogP contribution >= 0.6 is 11.3 Å². The van der Waals surface area contributed by atoms with Crippen LogP contribution in [0.15, 0.2) is 39.7 Å². The number of anilines is 2. The summed E-state index contributed by atoms with van der Waals surface area (Å²) in [5, 5.41) is 3.86. The lowest BCUT2D eigenvalue weighted by Crippen LogP contribution is -2.24. The summed E-state index contributed by atoms with van der Waals surface area (Å²) >= 11 is 1.08. The van der Waals surface area contributed by atoms with E-state index in [0.29, 0.717) is 36.4 Å². The number of nitrogens with one attached hydrogen (secondary N) is 2. The number of halogens is 1. The maximum Gasteiger partial charge on any atom is 0.237 e. The molecule has 0 bridgehead atoms. The fourth-order valence-electron chi connectivity index (χ4n) is 3.21. The van der Waals surface area contributed by atoms with Crippen LogP contribution in [0.2, 0.25) is 0 Å². The Kier molecular flexibility index (Phi) is 9.83. The molecule has 0 radical (unpaired) electrons. The van der Waals surface area contributed by atoms with Gasteiger partial charge in [-0.25, -0.2) is 27.8 Å². The Hall–Kier alpha value is -3.23. The molecule has 11 nitrogen and oxygen atoms in total. The quantitative estimate of drug-likeness (QED) is 0.269. The molecule has 37 heavy (non-hydrogen) atoms. The minimum absolute atomic E-state index is 0.174. The number of aliphatic imine (C=N–C) groups is 2. The average molecular weight is 553 g/mol. The molecule has 1 saturated carbocycles. The largest absolute Gasteiger partial charge is 0.477 e. The number of carbonyl (C=O) groups excluding carboxylic acids is 1. The molecule has 1 aliphatic carbocycles. The van der Waals surface area contributed by atoms with Crippen molar-refractivity contribution in [2.45, 2.75) is 44.3 Å². The van der Waals surface area contributed by atoms with Crippen molar-refractivity contribution >= 4 is 50.6 Å². The summed E-state index contributed by atoms with van der Waals surface area (Å²) in [6.07, 6.45) is 4.19. The first kappa shape index (κ1) is 28.3. The lowest BCUT2D eigenvalue weighted by atomic mass is 10.0. The number of sulfonamides is 1. The number of pyridine rings is 1. The van der Waals surface area contributed by atoms with E-state index in [2.05, 4.69) is 36.7 Å². The van der Waals surface area contributed by atoms with Gasteiger partial charge in [0.25, 0.3) is 0 Å². The SMILES string of the molecule is C=N/C=C(\N=C(/C)c1cnc(NC(=O)C(CCOC)c2csc(NS(=O)(=O)C3CC3)n2)c(F)c1)OCC. The number of hydrogen-bond donors (Lipinski definition) is 2. The van der Waals surface area contributed by atoms with Gasteiger partial charge >= 0.3 is 0 Å². The summed E-state index contributed by atoms with van der Waals surface area (Å²) in [7, 11) is -1.99. The molecular formula is C23H29FN6O5S2. The van der Waals surface area contributed by atoms with Crippen LogP contribution in [-0.4, -0.2) is 62.3 Å². The van der Waals surface area contributed by atoms with Gasteiger partial charge in [0.15, 0.2) is 16.8 Å². The third-order valence-electron chi connectivity index (χ3n) is 5.27. The van der Waals surface area contributed by atoms with Gasteiger partial charge in [-0.3, -0.25) is 14.5 Å². The fourth-order valence-corrected chi connectivity index (χ4v) is 5.57. The zero-order valence-corrected chi connectivity index (χ0v) is 22.4. The lowest BCUT2D eigenvalue weighted by molar-refractivity contribution is -0.118. The number of carbonyl (C=O) groups is 1. The molecule has 2 aromatic heterocycles. The van der Waals surface area contributed by atoms with Gasteiger partial charge in [0.2, 0.25) is 21.8 Å². The Morgan fingerprint density at radius 1 is 1.43 bits per heavy atom. The molecule has 0 spiro atoms. The van der Waals surface area contributed by atoms with E-state index in [4.69, 9.17) is 9.47 Å². The van der Waals surface area contributed by atoms with E-state index in [1.807, 2.05) is 0 Å². The first-order chi connectivity index (χ1) is 17.7. The van der Waals surface area contributed by atoms with Gasteiger partial charge in [0.1, 0.15) is 0 Å². The molecule has 1 amide bonds. The van der Waals surface area contributed by atoms with Crippen molar-refractivity contribution in [2.75, 3.05) is 30.4 Å². The zero-order chi connectivity index (χ0) is 27.0. The van der Waals surface area contributed by atoms with E-state index in [1.54, 1.807) is 19.2 Å². The van der Waals surface area contributed by atoms with Crippen LogP contribution < -0.4 is 10.0 Å². The molecule has 14 heteroatoms. The number of hydrogen-bond acceptors (Lipinski definition) is 10. The van der Waals surface area contributed by atoms with Crippen LogP contribution in [0.25, 0.3) is 0 Å². The first-order valence-electron chi connectivity index (χ1n) is 11.4. The second-order valence-corrected chi connectivity index (χ2v) is 10.9. The second kappa shape index (κ2) is 12.8. The molecule has 1 fully saturated rings. The van der Waals surface area contributed by atoms with Crippen LogP contribution in [-0.2, 0) is 24.3 Å². The Morgan fingerprint density at radius 2 is 2.19 bits per heavy atom. The number of amides is 1. The molecule has 1 atom stereocenters. The highest BCUT2D eigenvalue weighted by Crippen LogP contribution is 2.32. The number of rotatable bonds is 14. The second-order valence-electron chi connectivity index (χ2n) is 8.08. The Bertz CT molecular complexity index is 1290. The monoisotopic (exact) mass is 552 g/mol. The molecule has 1 unspecified atom stereocenters. The molecular weight excluding hydrogens is 523 g/mol. The maximum atomic E-state index is 14.9. The van der Waals surface area contributed by atoms with Gasteiger partial charge < -0.3 is 14.8 Å². The van der Waals surface area contributed by atoms with E-state index in [9.17, 15) is 17.6 Å². The summed E-state index contributed by atoms with van der Waals surface area (Å²) in [6.45, 7) is 7.42. The van der Waals surface area contributed by atoms with Crippen molar-refractivity contribution in [1.82, 2.24) is 9.97 Å². The van der Waals surface area contributed by atoms with Gasteiger partial charge in [0.05, 0.1) is 35.4 Å². The molecule has 1 aliphatic rings. The minimum Gasteiger partial charge on any atom is -0.477 e. The fraction of sp³-hybridized carbons (Fsp3) is 0.435. The molecule has 2 heterocycles. The van der Waals surface area contributed by atoms with Crippen molar-refractivity contribution in [2.24, 2.45) is 9.98 Å². The summed E-state index contributed by atoms with van der Waals surface area (Å²) in [5.74, 6) is -2.17. The van der Waals surface area contributed by atoms with Crippen LogP contribution in [0, 0.1) is 5.82 Å². The predicted octanol–water partition coefficient (Wildman–Crippen LogP) is 3.69. The van der Waals surface area contributed by atoms with Crippen molar-refractivity contribution in [3.63, 3.8) is 0 Å². The number of thiazole rings is 1. The highest BCUT2D eigenvalue weighted by molar-refractivity contribution is 7.93. The van der Waals surface area contributed by atoms with Gasteiger partial charge in [-0.05, 0) is 45.9 Å². The van der Waals surface area contributed by atoms with Crippen LogP contribution in [0.1, 0.15) is 50.3 Å². The third-order valence-corrected chi connectivity index (χ3v) is 8.00. The number of nitrogens with zero attached hydrogens (tertiary/aromatic N) is 4. The third kappa shape index (κ3) is 7.87. The van der Waals surface area contributed by atoms with Crippen molar-refractivity contribution in [1.29, 1.82) is 0 Å². The van der Waals surface area contributed by atoms with Gasteiger partial charge in [-0.2, -0.15) is 0 Å². The van der Waals surface area contributed by atoms with Crippen LogP contribution in [0.5, 0.6) is 0 Å². The van der Waals surface area contributed by atoms with E-state index in [1.165, 1.54) is 25.6 Å². The van der Waals surface area contributed by atoms with Crippen molar-refractivity contribution in [3.05, 3.63) is 46.8 Å². The highest BCUT2D eigenvalue weighted by Gasteiger charge is 2.36. The lowest BCUT2D eigenvalue weighted by Gasteiger charge is -2.15. The van der Waals surface area contributed by atoms with Crippen LogP contribution in [0.4, 0.5) is 15.3 Å². The number of methoxy groups -OCH3 is 1. The van der Waals surface area contributed by atoms with E-state index in [-0.39, 0.29) is 29.9 Å². The zero-order valence-electron chi connectivity index (χ0n) is 20.7. The minimum atomic E-state index is -3.49. The van der Waals surface area contributed by atoms with E-state index >= 15 is 0 Å². The summed E-state index contributed by atoms with van der Waals surface area (Å²) < 4.78 is 52.2. The van der Waals surface area contributed by atoms with Gasteiger partial charge in [-0.15, -0.1) is 11.3 Å². The Morgan fingerprint density at radius 3 is 2.81 bits per heavy atom. The molecule has 0 saturated heterocycles. The van der Waals surface area contributed by atoms with Gasteiger partial charge in [-0.1, -0.05) is 0 Å². The molecule has 2 N–H and O–H groups in total. The highest BCUT2D eigenvalue weighted by atomic mass is 32.2. The van der Waals surface area contributed by atoms with Crippen molar-refractivity contribution < 1.29 is 27.1 Å². The Balaban J connectivity index is 1.76. The standard InChI is InChI=1S/C23H29FN6O5S2/c1-5-35-20(12-25-3)27-14(2)15-10-18(24)21(26-11-15)29-22(31)17(8-9-34-4)19-13-36-23(28-19)30-37(32,33)16-6-7-16/h10-13,16-17H,3,5-9H2,1-2,4H3,(H,28,30)(H,26,29,31)/b20-12+,27-14+. The summed E-state index contributed by atoms with van der Waals surface area (Å²) in [4.78, 5) is 29.3. The average Bonchev–Trinajstić information content (AvgIpc) is 3.62. The number of ether oxygens (including phenoxy) is 2. The molecule has 3 rings (SSSR count). The van der Waals surface area contributed by atoms with Gasteiger partial charge in [0, 0.05) is 30.9 Å². The van der Waals surface area contributed by atoms with Crippen molar-refractivity contribution in [3.8, 4) is 0 Å². The normalized spacial score (nSPS) is 15.2.